The number of aryl methyl sites for hydroxylation is 1. The maximum atomic E-state index is 12.7. The number of nitrogens with zero attached hydrogens (tertiary/aromatic N) is 3. The van der Waals surface area contributed by atoms with Crippen LogP contribution in [0.25, 0.3) is 0 Å². The van der Waals surface area contributed by atoms with Crippen molar-refractivity contribution < 1.29 is 19.1 Å². The zero-order valence-electron chi connectivity index (χ0n) is 14.0. The largest absolute Gasteiger partial charge is 0.469 e. The Bertz CT molecular complexity index is 745. The second-order valence-electron chi connectivity index (χ2n) is 6.17. The molecule has 2 aromatic heterocycles. The van der Waals surface area contributed by atoms with E-state index in [0.29, 0.717) is 22.8 Å². The number of nitrogens with one attached hydrogen (secondary N) is 1. The summed E-state index contributed by atoms with van der Waals surface area (Å²) in [4.78, 5) is 27.0. The maximum absolute atomic E-state index is 12.7. The molecule has 9 heteroatoms. The van der Waals surface area contributed by atoms with Crippen molar-refractivity contribution in [1.82, 2.24) is 19.8 Å². The second kappa shape index (κ2) is 7.32. The summed E-state index contributed by atoms with van der Waals surface area (Å²) in [5.74, 6) is -0.219. The van der Waals surface area contributed by atoms with Gasteiger partial charge < -0.3 is 19.7 Å². The normalized spacial score (nSPS) is 21.3. The number of carbonyl (C=O) groups excluding carboxylic acids is 2. The van der Waals surface area contributed by atoms with Gasteiger partial charge in [0.1, 0.15) is 10.6 Å². The fraction of sp³-hybridized carbons (Fsp3) is 0.500. The lowest BCUT2D eigenvalue weighted by atomic mass is 10.1. The molecule has 2 N–H and O–H groups in total. The highest BCUT2D eigenvalue weighted by Gasteiger charge is 2.36. The second-order valence-corrected chi connectivity index (χ2v) is 6.92. The number of amides is 2. The highest BCUT2D eigenvalue weighted by atomic mass is 32.1. The van der Waals surface area contributed by atoms with Crippen molar-refractivity contribution in [2.24, 2.45) is 0 Å². The number of β-amino-alcohol motifs (C(OH)–C–C–N with tert-alkyl or cyclic N) is 1. The van der Waals surface area contributed by atoms with E-state index >= 15 is 0 Å². The molecule has 0 aromatic carbocycles. The Morgan fingerprint density at radius 3 is 3.00 bits per heavy atom. The zero-order valence-corrected chi connectivity index (χ0v) is 14.8. The number of aliphatic hydroxyl groups excluding tert-OH is 1. The third-order valence-corrected chi connectivity index (χ3v) is 5.19. The van der Waals surface area contributed by atoms with Gasteiger partial charge in [-0.3, -0.25) is 9.59 Å². The molecule has 3 atom stereocenters. The highest BCUT2D eigenvalue weighted by Crippen LogP contribution is 2.23. The van der Waals surface area contributed by atoms with Gasteiger partial charge in [0.2, 0.25) is 5.91 Å². The summed E-state index contributed by atoms with van der Waals surface area (Å²) in [5.41, 5.74) is 0.575. The fourth-order valence-corrected chi connectivity index (χ4v) is 3.54. The maximum Gasteiger partial charge on any atom is 0.267 e. The van der Waals surface area contributed by atoms with E-state index in [2.05, 4.69) is 14.9 Å². The van der Waals surface area contributed by atoms with E-state index in [9.17, 15) is 14.7 Å². The molecule has 0 radical (unpaired) electrons. The average Bonchev–Trinajstić information content (AvgIpc) is 3.32. The Hall–Kier alpha value is -2.26. The van der Waals surface area contributed by atoms with Gasteiger partial charge in [0.15, 0.2) is 0 Å². The van der Waals surface area contributed by atoms with E-state index in [4.69, 9.17) is 4.42 Å². The molecule has 1 aliphatic rings. The number of aliphatic hydroxyl groups is 1. The molecule has 8 nitrogen and oxygen atoms in total. The lowest BCUT2D eigenvalue weighted by Crippen LogP contribution is -2.44. The molecule has 0 bridgehead atoms. The first-order chi connectivity index (χ1) is 12.0. The van der Waals surface area contributed by atoms with Crippen LogP contribution in [0, 0.1) is 6.92 Å². The molecule has 1 aliphatic heterocycles. The van der Waals surface area contributed by atoms with Crippen LogP contribution in [-0.2, 0) is 4.79 Å². The fourth-order valence-electron chi connectivity index (χ4n) is 2.93. The van der Waals surface area contributed by atoms with Crippen LogP contribution >= 0.6 is 11.5 Å². The van der Waals surface area contributed by atoms with Crippen LogP contribution in [-0.4, -0.2) is 56.6 Å². The van der Waals surface area contributed by atoms with Crippen LogP contribution in [0.3, 0.4) is 0 Å². The van der Waals surface area contributed by atoms with Crippen LogP contribution in [0.2, 0.25) is 0 Å². The summed E-state index contributed by atoms with van der Waals surface area (Å²) < 4.78 is 9.03. The molecule has 3 heterocycles. The molecule has 2 aromatic rings. The zero-order chi connectivity index (χ0) is 18.0. The van der Waals surface area contributed by atoms with Gasteiger partial charge in [-0.1, -0.05) is 4.49 Å². The van der Waals surface area contributed by atoms with E-state index in [1.165, 1.54) is 6.26 Å². The van der Waals surface area contributed by atoms with E-state index in [-0.39, 0.29) is 30.9 Å². The van der Waals surface area contributed by atoms with Crippen molar-refractivity contribution in [3.63, 3.8) is 0 Å². The topological polar surface area (TPSA) is 109 Å². The summed E-state index contributed by atoms with van der Waals surface area (Å²) in [7, 11) is 0. The summed E-state index contributed by atoms with van der Waals surface area (Å²) in [6.45, 7) is 4.00. The predicted molar refractivity (Wildman–Crippen MR) is 90.2 cm³/mol. The minimum Gasteiger partial charge on any atom is -0.469 e. The first-order valence-electron chi connectivity index (χ1n) is 8.06. The van der Waals surface area contributed by atoms with Crippen molar-refractivity contribution in [2.45, 2.75) is 38.3 Å². The van der Waals surface area contributed by atoms with Crippen molar-refractivity contribution in [3.05, 3.63) is 34.7 Å². The van der Waals surface area contributed by atoms with Gasteiger partial charge in [-0.2, -0.15) is 0 Å². The molecular formula is C16H20N4O4S. The van der Waals surface area contributed by atoms with Gasteiger partial charge in [0.25, 0.3) is 5.91 Å². The van der Waals surface area contributed by atoms with Gasteiger partial charge in [0, 0.05) is 13.1 Å². The van der Waals surface area contributed by atoms with Gasteiger partial charge >= 0.3 is 0 Å². The molecule has 3 rings (SSSR count). The third kappa shape index (κ3) is 3.72. The van der Waals surface area contributed by atoms with E-state index < -0.39 is 12.0 Å². The van der Waals surface area contributed by atoms with Crippen molar-refractivity contribution >= 4 is 23.3 Å². The van der Waals surface area contributed by atoms with Crippen molar-refractivity contribution in [3.8, 4) is 0 Å². The highest BCUT2D eigenvalue weighted by molar-refractivity contribution is 7.07. The Kier molecular flexibility index (Phi) is 5.14. The van der Waals surface area contributed by atoms with Crippen molar-refractivity contribution in [1.29, 1.82) is 0 Å². The summed E-state index contributed by atoms with van der Waals surface area (Å²) in [5, 5.41) is 16.7. The number of rotatable bonds is 5. The van der Waals surface area contributed by atoms with Crippen LogP contribution in [0.5, 0.6) is 0 Å². The van der Waals surface area contributed by atoms with Gasteiger partial charge in [-0.25, -0.2) is 0 Å². The first-order valence-corrected chi connectivity index (χ1v) is 8.83. The Morgan fingerprint density at radius 1 is 1.56 bits per heavy atom. The minimum absolute atomic E-state index is 0.181. The number of hydrogen-bond donors (Lipinski definition) is 2. The third-order valence-electron chi connectivity index (χ3n) is 4.37. The number of carbonyl (C=O) groups is 2. The molecule has 0 spiro atoms. The molecule has 2 amide bonds. The first kappa shape index (κ1) is 17.6. The molecule has 1 unspecified atom stereocenters. The van der Waals surface area contributed by atoms with Gasteiger partial charge in [-0.05, 0) is 43.9 Å². The van der Waals surface area contributed by atoms with E-state index in [0.717, 1.165) is 11.5 Å². The minimum atomic E-state index is -0.602. The Morgan fingerprint density at radius 2 is 2.36 bits per heavy atom. The summed E-state index contributed by atoms with van der Waals surface area (Å²) in [6, 6.07) is 3.22. The van der Waals surface area contributed by atoms with Gasteiger partial charge in [-0.15, -0.1) is 5.10 Å². The van der Waals surface area contributed by atoms with E-state index in [1.807, 2.05) is 0 Å². The molecule has 1 saturated heterocycles. The van der Waals surface area contributed by atoms with Crippen LogP contribution in [0.15, 0.2) is 22.8 Å². The molecule has 25 heavy (non-hydrogen) atoms. The van der Waals surface area contributed by atoms with Crippen LogP contribution in [0.4, 0.5) is 0 Å². The number of likely N-dealkylation sites (tertiary alicyclic amines) is 1. The standard InChI is InChI=1S/C16H20N4O4S/c1-9(13-4-3-5-24-13)15(22)17-7-11-6-12(21)8-20(11)16(23)14-10(2)18-19-25-14/h3-5,9,11-12,21H,6-8H2,1-2H3,(H,17,22)/t9?,11-,12-/m1/s1. The SMILES string of the molecule is Cc1nnsc1C(=O)N1C[C@H](O)C[C@@H]1CNC(=O)C(C)c1ccco1. The lowest BCUT2D eigenvalue weighted by molar-refractivity contribution is -0.122. The number of hydrogen-bond acceptors (Lipinski definition) is 7. The lowest BCUT2D eigenvalue weighted by Gasteiger charge is -2.24. The van der Waals surface area contributed by atoms with Crippen molar-refractivity contribution in [2.75, 3.05) is 13.1 Å². The Labute approximate surface area is 149 Å². The number of furan rings is 1. The van der Waals surface area contributed by atoms with Crippen LogP contribution < -0.4 is 5.32 Å². The molecule has 0 saturated carbocycles. The monoisotopic (exact) mass is 364 g/mol. The predicted octanol–water partition coefficient (Wildman–Crippen LogP) is 0.935. The summed E-state index contributed by atoms with van der Waals surface area (Å²) >= 11 is 1.04. The molecular weight excluding hydrogens is 344 g/mol. The van der Waals surface area contributed by atoms with Gasteiger partial charge in [0.05, 0.1) is 30.0 Å². The molecule has 1 fully saturated rings. The smallest absolute Gasteiger partial charge is 0.267 e. The molecule has 134 valence electrons. The van der Waals surface area contributed by atoms with Crippen LogP contribution in [0.1, 0.15) is 40.4 Å². The quantitative estimate of drug-likeness (QED) is 0.817. The molecule has 0 aliphatic carbocycles. The Balaban J connectivity index is 1.63. The summed E-state index contributed by atoms with van der Waals surface area (Å²) in [6.07, 6.45) is 1.35. The number of aromatic nitrogens is 2. The average molecular weight is 364 g/mol. The van der Waals surface area contributed by atoms with E-state index in [1.54, 1.807) is 30.9 Å².